The zero-order valence-electron chi connectivity index (χ0n) is 13.5. The fourth-order valence-electron chi connectivity index (χ4n) is 1.97. The first-order valence-electron chi connectivity index (χ1n) is 7.21. The Hall–Kier alpha value is -2.51. The van der Waals surface area contributed by atoms with Crippen LogP contribution in [0.2, 0.25) is 5.02 Å². The van der Waals surface area contributed by atoms with E-state index in [4.69, 9.17) is 16.3 Å². The van der Waals surface area contributed by atoms with Crippen LogP contribution in [0.4, 0.5) is 11.4 Å². The van der Waals surface area contributed by atoms with Gasteiger partial charge in [0.25, 0.3) is 5.91 Å². The maximum absolute atomic E-state index is 12.4. The van der Waals surface area contributed by atoms with Crippen molar-refractivity contribution in [2.24, 2.45) is 0 Å². The summed E-state index contributed by atoms with van der Waals surface area (Å²) >= 11 is 5.95. The summed E-state index contributed by atoms with van der Waals surface area (Å²) in [4.78, 5) is 12.4. The minimum Gasteiger partial charge on any atom is -0.489 e. The number of sulfonamides is 1. The maximum atomic E-state index is 12.4. The topological polar surface area (TPSA) is 84.5 Å². The fraction of sp³-hybridized carbons (Fsp3) is 0.118. The van der Waals surface area contributed by atoms with Gasteiger partial charge in [-0.15, -0.1) is 0 Å². The number of hydrogen-bond acceptors (Lipinski definition) is 4. The molecule has 0 aliphatic carbocycles. The highest BCUT2D eigenvalue weighted by molar-refractivity contribution is 7.92. The Morgan fingerprint density at radius 2 is 2.04 bits per heavy atom. The molecule has 0 spiro atoms. The van der Waals surface area contributed by atoms with Crippen LogP contribution in [0, 0.1) is 0 Å². The highest BCUT2D eigenvalue weighted by atomic mass is 35.5. The number of anilines is 2. The second kappa shape index (κ2) is 8.04. The summed E-state index contributed by atoms with van der Waals surface area (Å²) in [6.45, 7) is 3.93. The molecule has 0 radical (unpaired) electrons. The van der Waals surface area contributed by atoms with E-state index in [1.54, 1.807) is 30.3 Å². The Morgan fingerprint density at radius 3 is 2.72 bits per heavy atom. The molecule has 6 nitrogen and oxygen atoms in total. The van der Waals surface area contributed by atoms with Crippen molar-refractivity contribution < 1.29 is 17.9 Å². The van der Waals surface area contributed by atoms with Crippen molar-refractivity contribution in [1.29, 1.82) is 0 Å². The lowest BCUT2D eigenvalue weighted by atomic mass is 10.2. The Kier molecular flexibility index (Phi) is 6.06. The number of carbonyl (C=O) groups is 1. The molecule has 0 saturated heterocycles. The largest absolute Gasteiger partial charge is 0.489 e. The summed E-state index contributed by atoms with van der Waals surface area (Å²) in [6.07, 6.45) is 2.63. The zero-order valence-corrected chi connectivity index (χ0v) is 15.0. The molecule has 132 valence electrons. The van der Waals surface area contributed by atoms with Crippen molar-refractivity contribution >= 4 is 38.9 Å². The van der Waals surface area contributed by atoms with E-state index in [0.29, 0.717) is 18.0 Å². The van der Waals surface area contributed by atoms with Crippen molar-refractivity contribution in [2.45, 2.75) is 0 Å². The van der Waals surface area contributed by atoms with Crippen LogP contribution in [-0.2, 0) is 10.0 Å². The van der Waals surface area contributed by atoms with E-state index in [1.165, 1.54) is 18.2 Å². The molecule has 0 aliphatic heterocycles. The van der Waals surface area contributed by atoms with Gasteiger partial charge in [-0.2, -0.15) is 0 Å². The third kappa shape index (κ3) is 5.81. The SMILES string of the molecule is C=CCOc1cccc(NC(=O)c2ccc(Cl)c(NS(C)(=O)=O)c2)c1. The van der Waals surface area contributed by atoms with E-state index >= 15 is 0 Å². The second-order valence-corrected chi connectivity index (χ2v) is 7.31. The number of rotatable bonds is 7. The Morgan fingerprint density at radius 1 is 1.28 bits per heavy atom. The number of nitrogens with one attached hydrogen (secondary N) is 2. The molecule has 25 heavy (non-hydrogen) atoms. The molecule has 2 rings (SSSR count). The van der Waals surface area contributed by atoms with Crippen LogP contribution >= 0.6 is 11.6 Å². The first-order chi connectivity index (χ1) is 11.8. The Bertz CT molecular complexity index is 897. The van der Waals surface area contributed by atoms with Gasteiger partial charge in [-0.1, -0.05) is 30.3 Å². The number of amides is 1. The number of benzene rings is 2. The summed E-state index contributed by atoms with van der Waals surface area (Å²) in [5.41, 5.74) is 0.937. The summed E-state index contributed by atoms with van der Waals surface area (Å²) in [5.74, 6) is 0.183. The molecule has 2 aromatic rings. The average Bonchev–Trinajstić information content (AvgIpc) is 2.54. The van der Waals surface area contributed by atoms with Gasteiger partial charge in [0.1, 0.15) is 12.4 Å². The predicted octanol–water partition coefficient (Wildman–Crippen LogP) is 3.53. The van der Waals surface area contributed by atoms with Gasteiger partial charge in [0, 0.05) is 17.3 Å². The molecule has 0 unspecified atom stereocenters. The van der Waals surface area contributed by atoms with Crippen LogP contribution in [0.5, 0.6) is 5.75 Å². The number of ether oxygens (including phenoxy) is 1. The van der Waals surface area contributed by atoms with Crippen molar-refractivity contribution in [3.63, 3.8) is 0 Å². The third-order valence-corrected chi connectivity index (χ3v) is 3.90. The van der Waals surface area contributed by atoms with Gasteiger partial charge in [0.15, 0.2) is 0 Å². The third-order valence-electron chi connectivity index (χ3n) is 2.98. The average molecular weight is 381 g/mol. The van der Waals surface area contributed by atoms with Gasteiger partial charge < -0.3 is 10.1 Å². The van der Waals surface area contributed by atoms with E-state index in [1.807, 2.05) is 0 Å². The quantitative estimate of drug-likeness (QED) is 0.719. The molecule has 0 saturated carbocycles. The van der Waals surface area contributed by atoms with Crippen molar-refractivity contribution in [1.82, 2.24) is 0 Å². The van der Waals surface area contributed by atoms with E-state index in [9.17, 15) is 13.2 Å². The van der Waals surface area contributed by atoms with Crippen LogP contribution in [0.3, 0.4) is 0 Å². The lowest BCUT2D eigenvalue weighted by molar-refractivity contribution is 0.102. The Balaban J connectivity index is 2.18. The number of halogens is 1. The van der Waals surface area contributed by atoms with E-state index in [-0.39, 0.29) is 16.3 Å². The molecule has 0 aromatic heterocycles. The molecular formula is C17H17ClN2O4S. The number of carbonyl (C=O) groups excluding carboxylic acids is 1. The highest BCUT2D eigenvalue weighted by Gasteiger charge is 2.12. The molecule has 8 heteroatoms. The fourth-order valence-corrected chi connectivity index (χ4v) is 2.76. The minimum atomic E-state index is -3.51. The molecular weight excluding hydrogens is 364 g/mol. The van der Waals surface area contributed by atoms with Gasteiger partial charge in [-0.05, 0) is 30.3 Å². The van der Waals surface area contributed by atoms with Crippen LogP contribution in [0.15, 0.2) is 55.1 Å². The van der Waals surface area contributed by atoms with Crippen LogP contribution < -0.4 is 14.8 Å². The van der Waals surface area contributed by atoms with E-state index in [2.05, 4.69) is 16.6 Å². The zero-order chi connectivity index (χ0) is 18.4. The molecule has 2 N–H and O–H groups in total. The first-order valence-corrected chi connectivity index (χ1v) is 9.48. The van der Waals surface area contributed by atoms with Crippen LogP contribution in [0.25, 0.3) is 0 Å². The molecule has 0 bridgehead atoms. The van der Waals surface area contributed by atoms with Crippen LogP contribution in [0.1, 0.15) is 10.4 Å². The summed E-state index contributed by atoms with van der Waals surface area (Å²) in [5, 5.41) is 2.92. The van der Waals surface area contributed by atoms with Gasteiger partial charge in [0.2, 0.25) is 10.0 Å². The summed E-state index contributed by atoms with van der Waals surface area (Å²) in [7, 11) is -3.51. The monoisotopic (exact) mass is 380 g/mol. The van der Waals surface area contributed by atoms with Gasteiger partial charge >= 0.3 is 0 Å². The van der Waals surface area contributed by atoms with Crippen LogP contribution in [-0.4, -0.2) is 27.2 Å². The van der Waals surface area contributed by atoms with E-state index < -0.39 is 15.9 Å². The Labute approximate surface area is 151 Å². The lowest BCUT2D eigenvalue weighted by Crippen LogP contribution is -2.14. The summed E-state index contributed by atoms with van der Waals surface area (Å²) in [6, 6.07) is 11.2. The van der Waals surface area contributed by atoms with Crippen molar-refractivity contribution in [3.05, 3.63) is 65.7 Å². The first kappa shape index (κ1) is 18.8. The van der Waals surface area contributed by atoms with E-state index in [0.717, 1.165) is 6.26 Å². The minimum absolute atomic E-state index is 0.139. The normalized spacial score (nSPS) is 10.8. The molecule has 2 aromatic carbocycles. The molecule has 0 aliphatic rings. The van der Waals surface area contributed by atoms with Gasteiger partial charge in [-0.3, -0.25) is 9.52 Å². The number of hydrogen-bond donors (Lipinski definition) is 2. The summed E-state index contributed by atoms with van der Waals surface area (Å²) < 4.78 is 30.4. The highest BCUT2D eigenvalue weighted by Crippen LogP contribution is 2.25. The van der Waals surface area contributed by atoms with Gasteiger partial charge in [-0.25, -0.2) is 8.42 Å². The smallest absolute Gasteiger partial charge is 0.255 e. The van der Waals surface area contributed by atoms with Crippen molar-refractivity contribution in [3.8, 4) is 5.75 Å². The molecule has 0 atom stereocenters. The standard InChI is InChI=1S/C17H17ClN2O4S/c1-3-9-24-14-6-4-5-13(11-14)19-17(21)12-7-8-15(18)16(10-12)20-25(2,22)23/h3-8,10-11,20H,1,9H2,2H3,(H,19,21). The molecule has 0 heterocycles. The molecule has 0 fully saturated rings. The van der Waals surface area contributed by atoms with Gasteiger partial charge in [0.05, 0.1) is 17.0 Å². The van der Waals surface area contributed by atoms with Crippen molar-refractivity contribution in [2.75, 3.05) is 22.9 Å². The lowest BCUT2D eigenvalue weighted by Gasteiger charge is -2.10. The second-order valence-electron chi connectivity index (χ2n) is 5.15. The molecule has 1 amide bonds. The predicted molar refractivity (Wildman–Crippen MR) is 100 cm³/mol. The maximum Gasteiger partial charge on any atom is 0.255 e.